The Morgan fingerprint density at radius 3 is 2.44 bits per heavy atom. The van der Waals surface area contributed by atoms with Crippen molar-refractivity contribution in [1.29, 1.82) is 0 Å². The van der Waals surface area contributed by atoms with Crippen molar-refractivity contribution < 1.29 is 18.7 Å². The molecule has 138 valence electrons. The van der Waals surface area contributed by atoms with Gasteiger partial charge in [-0.05, 0) is 35.9 Å². The van der Waals surface area contributed by atoms with Crippen LogP contribution in [0.4, 0.5) is 10.1 Å². The maximum Gasteiger partial charge on any atom is 0.262 e. The van der Waals surface area contributed by atoms with Gasteiger partial charge in [0.2, 0.25) is 0 Å². The second-order valence-electron chi connectivity index (χ2n) is 5.96. The van der Waals surface area contributed by atoms with E-state index >= 15 is 0 Å². The minimum Gasteiger partial charge on any atom is -0.496 e. The SMILES string of the molecule is COc1ccc(NC(=O)COc2ccccc2F)cc1Cc1ccccc1. The van der Waals surface area contributed by atoms with Crippen LogP contribution in [0.3, 0.4) is 0 Å². The molecule has 27 heavy (non-hydrogen) atoms. The van der Waals surface area contributed by atoms with Gasteiger partial charge in [-0.15, -0.1) is 0 Å². The molecular formula is C22H20FNO3. The third-order valence-corrected chi connectivity index (χ3v) is 4.00. The highest BCUT2D eigenvalue weighted by molar-refractivity contribution is 5.92. The molecule has 0 heterocycles. The summed E-state index contributed by atoms with van der Waals surface area (Å²) in [4.78, 5) is 12.1. The number of nitrogens with one attached hydrogen (secondary N) is 1. The lowest BCUT2D eigenvalue weighted by atomic mass is 10.0. The molecule has 3 aromatic carbocycles. The quantitative estimate of drug-likeness (QED) is 0.673. The van der Waals surface area contributed by atoms with E-state index in [9.17, 15) is 9.18 Å². The number of hydrogen-bond acceptors (Lipinski definition) is 3. The number of ether oxygens (including phenoxy) is 2. The Bertz CT molecular complexity index is 912. The van der Waals surface area contributed by atoms with Crippen molar-refractivity contribution in [3.05, 3.63) is 89.7 Å². The fourth-order valence-electron chi connectivity index (χ4n) is 2.71. The lowest BCUT2D eigenvalue weighted by Crippen LogP contribution is -2.20. The molecule has 0 aliphatic rings. The van der Waals surface area contributed by atoms with Crippen molar-refractivity contribution >= 4 is 11.6 Å². The van der Waals surface area contributed by atoms with Crippen LogP contribution in [0.5, 0.6) is 11.5 Å². The van der Waals surface area contributed by atoms with E-state index in [0.717, 1.165) is 16.9 Å². The standard InChI is InChI=1S/C22H20FNO3/c1-26-20-12-11-18(14-17(20)13-16-7-3-2-4-8-16)24-22(25)15-27-21-10-6-5-9-19(21)23/h2-12,14H,13,15H2,1H3,(H,24,25). The van der Waals surface area contributed by atoms with Crippen molar-refractivity contribution in [2.75, 3.05) is 19.0 Å². The predicted octanol–water partition coefficient (Wildman–Crippen LogP) is 4.44. The molecule has 0 aromatic heterocycles. The van der Waals surface area contributed by atoms with Crippen LogP contribution in [0.15, 0.2) is 72.8 Å². The van der Waals surface area contributed by atoms with Gasteiger partial charge in [0, 0.05) is 17.7 Å². The number of carbonyl (C=O) groups excluding carboxylic acids is 1. The molecule has 0 fully saturated rings. The maximum absolute atomic E-state index is 13.5. The van der Waals surface area contributed by atoms with Crippen LogP contribution in [0.2, 0.25) is 0 Å². The molecule has 5 heteroatoms. The van der Waals surface area contributed by atoms with Crippen LogP contribution in [0, 0.1) is 5.82 Å². The number of benzene rings is 3. The van der Waals surface area contributed by atoms with Crippen LogP contribution < -0.4 is 14.8 Å². The maximum atomic E-state index is 13.5. The fourth-order valence-corrected chi connectivity index (χ4v) is 2.71. The Balaban J connectivity index is 1.66. The van der Waals surface area contributed by atoms with Gasteiger partial charge in [0.15, 0.2) is 18.2 Å². The second kappa shape index (κ2) is 8.85. The zero-order valence-electron chi connectivity index (χ0n) is 14.9. The van der Waals surface area contributed by atoms with Crippen LogP contribution in [-0.2, 0) is 11.2 Å². The smallest absolute Gasteiger partial charge is 0.262 e. The fraction of sp³-hybridized carbons (Fsp3) is 0.136. The minimum atomic E-state index is -0.500. The van der Waals surface area contributed by atoms with Gasteiger partial charge >= 0.3 is 0 Å². The molecule has 0 saturated heterocycles. The van der Waals surface area contributed by atoms with E-state index in [-0.39, 0.29) is 18.3 Å². The van der Waals surface area contributed by atoms with E-state index in [1.54, 1.807) is 25.3 Å². The molecule has 0 spiro atoms. The van der Waals surface area contributed by atoms with Crippen molar-refractivity contribution in [2.45, 2.75) is 6.42 Å². The number of hydrogen-bond donors (Lipinski definition) is 1. The Hall–Kier alpha value is -3.34. The molecule has 0 aliphatic carbocycles. The average Bonchev–Trinajstić information content (AvgIpc) is 2.68. The van der Waals surface area contributed by atoms with Crippen LogP contribution in [0.1, 0.15) is 11.1 Å². The van der Waals surface area contributed by atoms with E-state index in [4.69, 9.17) is 9.47 Å². The van der Waals surface area contributed by atoms with Crippen molar-refractivity contribution in [3.8, 4) is 11.5 Å². The van der Waals surface area contributed by atoms with E-state index < -0.39 is 5.82 Å². The zero-order chi connectivity index (χ0) is 19.1. The number of amides is 1. The highest BCUT2D eigenvalue weighted by Gasteiger charge is 2.10. The minimum absolute atomic E-state index is 0.0483. The summed E-state index contributed by atoms with van der Waals surface area (Å²) in [5.74, 6) is -0.0689. The lowest BCUT2D eigenvalue weighted by molar-refractivity contribution is -0.118. The summed E-state index contributed by atoms with van der Waals surface area (Å²) < 4.78 is 24.2. The second-order valence-corrected chi connectivity index (χ2v) is 5.96. The number of halogens is 1. The molecule has 0 saturated carbocycles. The van der Waals surface area contributed by atoms with Gasteiger partial charge in [-0.2, -0.15) is 0 Å². The van der Waals surface area contributed by atoms with Gasteiger partial charge in [-0.3, -0.25) is 4.79 Å². The summed E-state index contributed by atoms with van der Waals surface area (Å²) in [7, 11) is 1.62. The van der Waals surface area contributed by atoms with Gasteiger partial charge in [0.25, 0.3) is 5.91 Å². The summed E-state index contributed by atoms with van der Waals surface area (Å²) in [6, 6.07) is 21.4. The van der Waals surface area contributed by atoms with E-state index in [0.29, 0.717) is 12.1 Å². The molecule has 3 aromatic rings. The molecule has 4 nitrogen and oxygen atoms in total. The summed E-state index contributed by atoms with van der Waals surface area (Å²) in [5, 5.41) is 2.77. The van der Waals surface area contributed by atoms with E-state index in [1.807, 2.05) is 42.5 Å². The highest BCUT2D eigenvalue weighted by Crippen LogP contribution is 2.25. The van der Waals surface area contributed by atoms with Gasteiger partial charge in [-0.25, -0.2) is 4.39 Å². The summed E-state index contributed by atoms with van der Waals surface area (Å²) in [5.41, 5.74) is 2.72. The average molecular weight is 365 g/mol. The summed E-state index contributed by atoms with van der Waals surface area (Å²) in [6.45, 7) is -0.277. The van der Waals surface area contributed by atoms with Gasteiger partial charge < -0.3 is 14.8 Å². The van der Waals surface area contributed by atoms with Crippen LogP contribution in [0.25, 0.3) is 0 Å². The van der Waals surface area contributed by atoms with Crippen LogP contribution in [-0.4, -0.2) is 19.6 Å². The molecule has 1 N–H and O–H groups in total. The monoisotopic (exact) mass is 365 g/mol. The number of methoxy groups -OCH3 is 1. The molecule has 0 atom stereocenters. The molecule has 0 radical (unpaired) electrons. The van der Waals surface area contributed by atoms with Gasteiger partial charge in [-0.1, -0.05) is 42.5 Å². The first-order valence-electron chi connectivity index (χ1n) is 8.54. The summed E-state index contributed by atoms with van der Waals surface area (Å²) in [6.07, 6.45) is 0.680. The normalized spacial score (nSPS) is 10.3. The van der Waals surface area contributed by atoms with Crippen LogP contribution >= 0.6 is 0 Å². The molecule has 1 amide bonds. The first-order chi connectivity index (χ1) is 13.2. The highest BCUT2D eigenvalue weighted by atomic mass is 19.1. The third kappa shape index (κ3) is 5.07. The largest absolute Gasteiger partial charge is 0.496 e. The predicted molar refractivity (Wildman–Crippen MR) is 103 cm³/mol. The zero-order valence-corrected chi connectivity index (χ0v) is 14.9. The number of carbonyl (C=O) groups is 1. The number of anilines is 1. The third-order valence-electron chi connectivity index (χ3n) is 4.00. The molecule has 0 aliphatic heterocycles. The molecule has 0 bridgehead atoms. The molecule has 3 rings (SSSR count). The van der Waals surface area contributed by atoms with Crippen molar-refractivity contribution in [2.24, 2.45) is 0 Å². The topological polar surface area (TPSA) is 47.6 Å². The van der Waals surface area contributed by atoms with Gasteiger partial charge in [0.1, 0.15) is 5.75 Å². The molecule has 0 unspecified atom stereocenters. The first kappa shape index (κ1) is 18.5. The number of para-hydroxylation sites is 1. The van der Waals surface area contributed by atoms with E-state index in [1.165, 1.54) is 12.1 Å². The van der Waals surface area contributed by atoms with E-state index in [2.05, 4.69) is 5.32 Å². The first-order valence-corrected chi connectivity index (χ1v) is 8.54. The summed E-state index contributed by atoms with van der Waals surface area (Å²) >= 11 is 0. The van der Waals surface area contributed by atoms with Crippen molar-refractivity contribution in [1.82, 2.24) is 0 Å². The Kier molecular flexibility index (Phi) is 6.05. The van der Waals surface area contributed by atoms with Gasteiger partial charge in [0.05, 0.1) is 7.11 Å². The lowest BCUT2D eigenvalue weighted by Gasteiger charge is -2.12. The van der Waals surface area contributed by atoms with Crippen molar-refractivity contribution in [3.63, 3.8) is 0 Å². The Labute approximate surface area is 157 Å². The Morgan fingerprint density at radius 1 is 0.963 bits per heavy atom. The Morgan fingerprint density at radius 2 is 1.70 bits per heavy atom. The molecular weight excluding hydrogens is 345 g/mol. The number of rotatable bonds is 7.